The van der Waals surface area contributed by atoms with Crippen LogP contribution in [0.25, 0.3) is 0 Å². The van der Waals surface area contributed by atoms with Crippen molar-refractivity contribution < 1.29 is 19.1 Å². The van der Waals surface area contributed by atoms with Crippen molar-refractivity contribution in [2.45, 2.75) is 11.3 Å². The van der Waals surface area contributed by atoms with Crippen molar-refractivity contribution in [3.63, 3.8) is 0 Å². The van der Waals surface area contributed by atoms with Gasteiger partial charge in [0.05, 0.1) is 14.2 Å². The second kappa shape index (κ2) is 6.40. The maximum Gasteiger partial charge on any atom is 0.437 e. The standard InChI is InChI=1S/C8H11N3O4S2/c1-4-16-7-10-11(8(13)15-3)5(17-7)9-6(12)14-2/h4H2,1-3H3/b9-5-. The van der Waals surface area contributed by atoms with Crippen LogP contribution in [0.15, 0.2) is 9.33 Å². The van der Waals surface area contributed by atoms with Crippen LogP contribution in [0.1, 0.15) is 6.92 Å². The van der Waals surface area contributed by atoms with Crippen molar-refractivity contribution in [3.05, 3.63) is 4.80 Å². The number of aromatic nitrogens is 2. The van der Waals surface area contributed by atoms with Crippen LogP contribution in [0.5, 0.6) is 0 Å². The Morgan fingerprint density at radius 3 is 2.71 bits per heavy atom. The summed E-state index contributed by atoms with van der Waals surface area (Å²) >= 11 is 2.56. The number of hydrogen-bond donors (Lipinski definition) is 0. The first-order valence-corrected chi connectivity index (χ1v) is 6.36. The number of carbonyl (C=O) groups is 2. The highest BCUT2D eigenvalue weighted by atomic mass is 32.2. The minimum atomic E-state index is -0.792. The van der Waals surface area contributed by atoms with Crippen molar-refractivity contribution in [1.82, 2.24) is 9.78 Å². The molecule has 0 radical (unpaired) electrons. The molecule has 7 nitrogen and oxygen atoms in total. The van der Waals surface area contributed by atoms with E-state index in [1.54, 1.807) is 0 Å². The molecule has 1 amide bonds. The van der Waals surface area contributed by atoms with Gasteiger partial charge in [-0.3, -0.25) is 0 Å². The third kappa shape index (κ3) is 3.56. The summed E-state index contributed by atoms with van der Waals surface area (Å²) in [5.74, 6) is 0.798. The quantitative estimate of drug-likeness (QED) is 0.759. The van der Waals surface area contributed by atoms with Crippen molar-refractivity contribution in [3.8, 4) is 0 Å². The minimum Gasteiger partial charge on any atom is -0.451 e. The van der Waals surface area contributed by atoms with Crippen LogP contribution in [0.4, 0.5) is 9.59 Å². The first kappa shape index (κ1) is 13.7. The van der Waals surface area contributed by atoms with Crippen LogP contribution in [0.2, 0.25) is 0 Å². The summed E-state index contributed by atoms with van der Waals surface area (Å²) in [5.41, 5.74) is 0. The lowest BCUT2D eigenvalue weighted by atomic mass is 11.0. The van der Waals surface area contributed by atoms with E-state index >= 15 is 0 Å². The van der Waals surface area contributed by atoms with E-state index in [0.29, 0.717) is 4.34 Å². The van der Waals surface area contributed by atoms with Crippen LogP contribution < -0.4 is 4.80 Å². The van der Waals surface area contributed by atoms with E-state index in [2.05, 4.69) is 19.6 Å². The SMILES string of the molecule is CCSc1nn(C(=O)OC)/c(=N/C(=O)OC)s1. The van der Waals surface area contributed by atoms with Gasteiger partial charge in [0.1, 0.15) is 0 Å². The molecule has 0 fully saturated rings. The van der Waals surface area contributed by atoms with Gasteiger partial charge >= 0.3 is 12.2 Å². The Balaban J connectivity index is 3.21. The molecule has 0 aliphatic heterocycles. The van der Waals surface area contributed by atoms with Gasteiger partial charge in [0.25, 0.3) is 0 Å². The smallest absolute Gasteiger partial charge is 0.437 e. The van der Waals surface area contributed by atoms with Gasteiger partial charge in [-0.15, -0.1) is 14.8 Å². The summed E-state index contributed by atoms with van der Waals surface area (Å²) < 4.78 is 10.5. The van der Waals surface area contributed by atoms with E-state index in [-0.39, 0.29) is 4.80 Å². The van der Waals surface area contributed by atoms with Crippen molar-refractivity contribution in [2.24, 2.45) is 4.99 Å². The summed E-state index contributed by atoms with van der Waals surface area (Å²) in [6.45, 7) is 1.95. The van der Waals surface area contributed by atoms with Gasteiger partial charge in [0, 0.05) is 0 Å². The van der Waals surface area contributed by atoms with Gasteiger partial charge in [-0.2, -0.15) is 0 Å². The molecule has 0 saturated heterocycles. The van der Waals surface area contributed by atoms with E-state index in [1.165, 1.54) is 26.0 Å². The Bertz CT molecular complexity index is 479. The number of methoxy groups -OCH3 is 2. The van der Waals surface area contributed by atoms with Gasteiger partial charge in [0.15, 0.2) is 4.34 Å². The molecule has 0 bridgehead atoms. The zero-order chi connectivity index (χ0) is 12.8. The molecular weight excluding hydrogens is 266 g/mol. The number of ether oxygens (including phenoxy) is 2. The largest absolute Gasteiger partial charge is 0.451 e. The predicted octanol–water partition coefficient (Wildman–Crippen LogP) is 1.34. The summed E-state index contributed by atoms with van der Waals surface area (Å²) in [4.78, 5) is 26.1. The lowest BCUT2D eigenvalue weighted by molar-refractivity contribution is 0.167. The third-order valence-corrected chi connectivity index (χ3v) is 3.44. The highest BCUT2D eigenvalue weighted by Crippen LogP contribution is 2.16. The lowest BCUT2D eigenvalue weighted by Gasteiger charge is -1.96. The Labute approximate surface area is 105 Å². The molecule has 0 aliphatic rings. The summed E-state index contributed by atoms with van der Waals surface area (Å²) in [6, 6.07) is 0. The minimum absolute atomic E-state index is 0.125. The van der Waals surface area contributed by atoms with Gasteiger partial charge in [-0.25, -0.2) is 9.59 Å². The van der Waals surface area contributed by atoms with E-state index in [1.807, 2.05) is 6.92 Å². The highest BCUT2D eigenvalue weighted by molar-refractivity contribution is 8.00. The topological polar surface area (TPSA) is 82.8 Å². The number of thioether (sulfide) groups is 1. The number of amides is 1. The molecule has 9 heteroatoms. The highest BCUT2D eigenvalue weighted by Gasteiger charge is 2.13. The number of carbonyl (C=O) groups excluding carboxylic acids is 2. The molecule has 1 aromatic heterocycles. The van der Waals surface area contributed by atoms with Gasteiger partial charge in [-0.1, -0.05) is 30.0 Å². The lowest BCUT2D eigenvalue weighted by Crippen LogP contribution is -2.25. The second-order valence-electron chi connectivity index (χ2n) is 2.55. The predicted molar refractivity (Wildman–Crippen MR) is 62.3 cm³/mol. The average Bonchev–Trinajstić information content (AvgIpc) is 2.71. The third-order valence-electron chi connectivity index (χ3n) is 1.52. The van der Waals surface area contributed by atoms with Crippen molar-refractivity contribution >= 4 is 35.3 Å². The molecule has 1 heterocycles. The van der Waals surface area contributed by atoms with E-state index in [4.69, 9.17) is 0 Å². The molecule has 0 saturated carbocycles. The summed E-state index contributed by atoms with van der Waals surface area (Å²) in [6.07, 6.45) is -1.49. The van der Waals surface area contributed by atoms with Crippen LogP contribution in [-0.2, 0) is 9.47 Å². The Hall–Kier alpha value is -1.35. The number of rotatable bonds is 2. The van der Waals surface area contributed by atoms with E-state index < -0.39 is 12.2 Å². The van der Waals surface area contributed by atoms with Gasteiger partial charge < -0.3 is 9.47 Å². The van der Waals surface area contributed by atoms with Crippen LogP contribution in [0, 0.1) is 0 Å². The van der Waals surface area contributed by atoms with Crippen LogP contribution >= 0.6 is 23.1 Å². The van der Waals surface area contributed by atoms with E-state index in [9.17, 15) is 9.59 Å². The monoisotopic (exact) mass is 277 g/mol. The molecular formula is C8H11N3O4S2. The molecule has 1 rings (SSSR count). The van der Waals surface area contributed by atoms with Gasteiger partial charge in [0.2, 0.25) is 4.80 Å². The molecule has 1 aromatic rings. The molecule has 94 valence electrons. The van der Waals surface area contributed by atoms with Crippen molar-refractivity contribution in [1.29, 1.82) is 0 Å². The Kier molecular flexibility index (Phi) is 5.16. The van der Waals surface area contributed by atoms with E-state index in [0.717, 1.165) is 21.8 Å². The summed E-state index contributed by atoms with van der Waals surface area (Å²) in [5, 5.41) is 3.98. The molecule has 0 N–H and O–H groups in total. The second-order valence-corrected chi connectivity index (χ2v) is 5.01. The maximum atomic E-state index is 11.4. The first-order valence-electron chi connectivity index (χ1n) is 4.56. The number of nitrogens with zero attached hydrogens (tertiary/aromatic N) is 3. The fourth-order valence-electron chi connectivity index (χ4n) is 0.847. The first-order chi connectivity index (χ1) is 8.12. The molecule has 0 unspecified atom stereocenters. The zero-order valence-corrected chi connectivity index (χ0v) is 11.1. The fourth-order valence-corrected chi connectivity index (χ4v) is 2.65. The van der Waals surface area contributed by atoms with Crippen molar-refractivity contribution in [2.75, 3.05) is 20.0 Å². The molecule has 0 aromatic carbocycles. The van der Waals surface area contributed by atoms with Crippen LogP contribution in [-0.4, -0.2) is 41.9 Å². The summed E-state index contributed by atoms with van der Waals surface area (Å²) in [7, 11) is 2.43. The Morgan fingerprint density at radius 1 is 1.47 bits per heavy atom. The normalized spacial score (nSPS) is 11.4. The number of hydrogen-bond acceptors (Lipinski definition) is 7. The van der Waals surface area contributed by atoms with Crippen LogP contribution in [0.3, 0.4) is 0 Å². The molecule has 0 atom stereocenters. The zero-order valence-electron chi connectivity index (χ0n) is 9.50. The van der Waals surface area contributed by atoms with Gasteiger partial charge in [-0.05, 0) is 5.75 Å². The fraction of sp³-hybridized carbons (Fsp3) is 0.500. The average molecular weight is 277 g/mol. The molecule has 17 heavy (non-hydrogen) atoms. The Morgan fingerprint density at radius 2 is 2.18 bits per heavy atom. The molecule has 0 aliphatic carbocycles. The molecule has 0 spiro atoms. The maximum absolute atomic E-state index is 11.4.